The monoisotopic (exact) mass is 565 g/mol. The molecular formula is C35H43N5O2. The van der Waals surface area contributed by atoms with Crippen LogP contribution in [-0.2, 0) is 0 Å². The largest absolute Gasteiger partial charge is 0.492 e. The van der Waals surface area contributed by atoms with Crippen molar-refractivity contribution < 1.29 is 9.53 Å². The third kappa shape index (κ3) is 6.38. The van der Waals surface area contributed by atoms with Gasteiger partial charge in [-0.2, -0.15) is 0 Å². The second-order valence-electron chi connectivity index (χ2n) is 11.7. The van der Waals surface area contributed by atoms with E-state index in [0.29, 0.717) is 18.7 Å². The second-order valence-corrected chi connectivity index (χ2v) is 11.7. The van der Waals surface area contributed by atoms with E-state index < -0.39 is 6.04 Å². The highest BCUT2D eigenvalue weighted by Crippen LogP contribution is 2.35. The summed E-state index contributed by atoms with van der Waals surface area (Å²) in [5.74, 6) is 0.810. The van der Waals surface area contributed by atoms with Gasteiger partial charge in [0, 0.05) is 79.4 Å². The predicted molar refractivity (Wildman–Crippen MR) is 172 cm³/mol. The Labute approximate surface area is 249 Å². The number of Topliss-reactive ketones (excluding diaryl/α,β-unsaturated/α-hetero) is 1. The molecule has 3 aromatic carbocycles. The molecule has 0 amide bonds. The molecule has 3 N–H and O–H groups in total. The minimum atomic E-state index is -0.419. The molecule has 6 rings (SSSR count). The number of carbonyl (C=O) groups is 1. The van der Waals surface area contributed by atoms with Crippen LogP contribution in [0.4, 0.5) is 5.69 Å². The highest BCUT2D eigenvalue weighted by molar-refractivity contribution is 6.02. The van der Waals surface area contributed by atoms with Crippen molar-refractivity contribution in [3.05, 3.63) is 84.1 Å². The number of rotatable bonds is 10. The van der Waals surface area contributed by atoms with Gasteiger partial charge in [-0.3, -0.25) is 9.69 Å². The Kier molecular flexibility index (Phi) is 8.89. The number of benzene rings is 3. The lowest BCUT2D eigenvalue weighted by molar-refractivity contribution is 0.0943. The number of piperazine rings is 1. The lowest BCUT2D eigenvalue weighted by atomic mass is 9.94. The summed E-state index contributed by atoms with van der Waals surface area (Å²) < 4.78 is 6.52. The molecule has 2 atom stereocenters. The van der Waals surface area contributed by atoms with Crippen LogP contribution in [0.3, 0.4) is 0 Å². The maximum atomic E-state index is 14.0. The number of ether oxygens (including phenoxy) is 1. The van der Waals surface area contributed by atoms with Gasteiger partial charge in [0.25, 0.3) is 0 Å². The summed E-state index contributed by atoms with van der Waals surface area (Å²) in [6.45, 7) is 12.1. The molecule has 1 fully saturated rings. The number of aromatic nitrogens is 1. The van der Waals surface area contributed by atoms with Crippen molar-refractivity contribution in [2.24, 2.45) is 0 Å². The first kappa shape index (κ1) is 28.5. The smallest absolute Gasteiger partial charge is 0.184 e. The number of nitrogens with one attached hydrogen (secondary N) is 3. The summed E-state index contributed by atoms with van der Waals surface area (Å²) in [4.78, 5) is 22.4. The van der Waals surface area contributed by atoms with Crippen LogP contribution >= 0.6 is 0 Å². The quantitative estimate of drug-likeness (QED) is 0.206. The van der Waals surface area contributed by atoms with E-state index in [1.54, 1.807) is 0 Å². The summed E-state index contributed by atoms with van der Waals surface area (Å²) in [5, 5.41) is 8.19. The fourth-order valence-corrected chi connectivity index (χ4v) is 6.16. The topological polar surface area (TPSA) is 72.6 Å². The van der Waals surface area contributed by atoms with Crippen molar-refractivity contribution in [2.75, 3.05) is 57.7 Å². The van der Waals surface area contributed by atoms with Crippen LogP contribution in [0, 0.1) is 0 Å². The van der Waals surface area contributed by atoms with E-state index in [1.165, 1.54) is 19.4 Å². The molecule has 0 spiro atoms. The highest BCUT2D eigenvalue weighted by atomic mass is 16.5. The first-order valence-electron chi connectivity index (χ1n) is 15.5. The zero-order valence-corrected chi connectivity index (χ0v) is 24.9. The molecule has 7 heteroatoms. The molecule has 2 aliphatic rings. The van der Waals surface area contributed by atoms with Crippen LogP contribution in [-0.4, -0.2) is 79.0 Å². The summed E-state index contributed by atoms with van der Waals surface area (Å²) in [6.07, 6.45) is 4.48. The van der Waals surface area contributed by atoms with Gasteiger partial charge in [-0.25, -0.2) is 0 Å². The van der Waals surface area contributed by atoms with Crippen LogP contribution < -0.4 is 15.4 Å². The Hall–Kier alpha value is -3.65. The van der Waals surface area contributed by atoms with Gasteiger partial charge in [0.05, 0.1) is 6.04 Å². The molecule has 0 bridgehead atoms. The van der Waals surface area contributed by atoms with E-state index >= 15 is 0 Å². The van der Waals surface area contributed by atoms with Crippen molar-refractivity contribution in [1.29, 1.82) is 0 Å². The van der Waals surface area contributed by atoms with E-state index in [4.69, 9.17) is 4.74 Å². The minimum absolute atomic E-state index is 0.0547. The van der Waals surface area contributed by atoms with Crippen molar-refractivity contribution in [2.45, 2.75) is 38.8 Å². The Balaban J connectivity index is 1.23. The normalized spacial score (nSPS) is 19.7. The molecular weight excluding hydrogens is 522 g/mol. The van der Waals surface area contributed by atoms with Crippen molar-refractivity contribution in [3.8, 4) is 16.9 Å². The number of aromatic amines is 1. The molecule has 0 saturated carbocycles. The maximum Gasteiger partial charge on any atom is 0.184 e. The molecule has 2 aliphatic heterocycles. The Morgan fingerprint density at radius 2 is 1.76 bits per heavy atom. The van der Waals surface area contributed by atoms with Gasteiger partial charge < -0.3 is 25.3 Å². The Bertz CT molecular complexity index is 1510. The summed E-state index contributed by atoms with van der Waals surface area (Å²) >= 11 is 0. The zero-order chi connectivity index (χ0) is 28.9. The molecule has 0 radical (unpaired) electrons. The molecule has 42 heavy (non-hydrogen) atoms. The van der Waals surface area contributed by atoms with E-state index in [9.17, 15) is 4.79 Å². The van der Waals surface area contributed by atoms with Gasteiger partial charge in [-0.05, 0) is 67.2 Å². The number of anilines is 1. The second kappa shape index (κ2) is 13.1. The van der Waals surface area contributed by atoms with Gasteiger partial charge in [-0.15, -0.1) is 0 Å². The average Bonchev–Trinajstić information content (AvgIpc) is 3.42. The molecule has 3 heterocycles. The van der Waals surface area contributed by atoms with E-state index in [-0.39, 0.29) is 11.8 Å². The number of nitrogens with zero attached hydrogens (tertiary/aromatic N) is 2. The standard InChI is InChI=1S/C35H43N5O2/c1-3-4-15-39-16-18-40(19-17-39)20-21-42-33-23-28(9-11-29(33)26-10-12-31-27(22-26)13-14-36-31)35(41)34-30-7-5-6-8-32(30)38-25(2)24-37-34/h5-14,22-23,25,34,36-38H,3-4,15-21,24H2,1-2H3/t25-,34?/m0/s1. The third-order valence-corrected chi connectivity index (χ3v) is 8.65. The number of hydrogen-bond acceptors (Lipinski definition) is 6. The molecule has 1 saturated heterocycles. The first-order chi connectivity index (χ1) is 20.6. The van der Waals surface area contributed by atoms with E-state index in [1.807, 2.05) is 42.6 Å². The zero-order valence-electron chi connectivity index (χ0n) is 24.9. The van der Waals surface area contributed by atoms with Gasteiger partial charge in [0.2, 0.25) is 0 Å². The highest BCUT2D eigenvalue weighted by Gasteiger charge is 2.28. The van der Waals surface area contributed by atoms with Gasteiger partial charge in [0.15, 0.2) is 5.78 Å². The number of hydrogen-bond donors (Lipinski definition) is 3. The number of unbranched alkanes of at least 4 members (excludes halogenated alkanes) is 1. The van der Waals surface area contributed by atoms with Crippen LogP contribution in [0.1, 0.15) is 48.7 Å². The molecule has 4 aromatic rings. The summed E-state index contributed by atoms with van der Waals surface area (Å²) in [5.41, 5.74) is 5.83. The van der Waals surface area contributed by atoms with Crippen LogP contribution in [0.5, 0.6) is 5.75 Å². The van der Waals surface area contributed by atoms with E-state index in [2.05, 4.69) is 69.6 Å². The Morgan fingerprint density at radius 1 is 0.952 bits per heavy atom. The fourth-order valence-electron chi connectivity index (χ4n) is 6.16. The number of H-pyrrole nitrogens is 1. The summed E-state index contributed by atoms with van der Waals surface area (Å²) in [7, 11) is 0. The van der Waals surface area contributed by atoms with Crippen LogP contribution in [0.15, 0.2) is 72.9 Å². The lowest BCUT2D eigenvalue weighted by Crippen LogP contribution is -2.47. The molecule has 0 aliphatic carbocycles. The molecule has 1 unspecified atom stereocenters. The number of para-hydroxylation sites is 1. The number of fused-ring (bicyclic) bond motifs is 2. The SMILES string of the molecule is CCCCN1CCN(CCOc2cc(C(=O)C3NC[C@H](C)Nc4ccccc43)ccc2-c2ccc3[nH]ccc3c2)CC1. The van der Waals surface area contributed by atoms with Crippen molar-refractivity contribution in [3.63, 3.8) is 0 Å². The number of ketones is 1. The van der Waals surface area contributed by atoms with Crippen molar-refractivity contribution in [1.82, 2.24) is 20.1 Å². The van der Waals surface area contributed by atoms with Gasteiger partial charge in [-0.1, -0.05) is 43.7 Å². The van der Waals surface area contributed by atoms with Crippen LogP contribution in [0.25, 0.3) is 22.0 Å². The van der Waals surface area contributed by atoms with E-state index in [0.717, 1.165) is 71.8 Å². The Morgan fingerprint density at radius 3 is 2.60 bits per heavy atom. The van der Waals surface area contributed by atoms with Gasteiger partial charge >= 0.3 is 0 Å². The predicted octanol–water partition coefficient (Wildman–Crippen LogP) is 5.96. The molecule has 220 valence electrons. The number of carbonyl (C=O) groups excluding carboxylic acids is 1. The first-order valence-corrected chi connectivity index (χ1v) is 15.5. The van der Waals surface area contributed by atoms with Gasteiger partial charge in [0.1, 0.15) is 12.4 Å². The summed E-state index contributed by atoms with van der Waals surface area (Å²) in [6, 6.07) is 22.3. The average molecular weight is 566 g/mol. The molecule has 1 aromatic heterocycles. The fraction of sp³-hybridized carbons (Fsp3) is 0.400. The lowest BCUT2D eigenvalue weighted by Gasteiger charge is -2.34. The molecule has 7 nitrogen and oxygen atoms in total. The van der Waals surface area contributed by atoms with Crippen molar-refractivity contribution >= 4 is 22.4 Å². The third-order valence-electron chi connectivity index (χ3n) is 8.65. The minimum Gasteiger partial charge on any atom is -0.492 e. The maximum absolute atomic E-state index is 14.0. The van der Waals surface area contributed by atoms with Crippen LogP contribution in [0.2, 0.25) is 0 Å².